The molecule has 166 valence electrons. The Labute approximate surface area is 184 Å². The number of amides is 1. The van der Waals surface area contributed by atoms with Crippen molar-refractivity contribution >= 4 is 11.9 Å². The van der Waals surface area contributed by atoms with Gasteiger partial charge in [0.25, 0.3) is 5.91 Å². The summed E-state index contributed by atoms with van der Waals surface area (Å²) >= 11 is 0. The zero-order valence-electron chi connectivity index (χ0n) is 18.0. The molecule has 3 aromatic rings. The molecule has 2 heterocycles. The number of fused-ring (bicyclic) bond motifs is 1. The number of halogens is 1. The average Bonchev–Trinajstić information content (AvgIpc) is 3.36. The number of aryl methyl sites for hydroxylation is 1. The summed E-state index contributed by atoms with van der Waals surface area (Å²) in [5, 5.41) is 2.80. The van der Waals surface area contributed by atoms with Gasteiger partial charge in [-0.3, -0.25) is 4.79 Å². The van der Waals surface area contributed by atoms with Gasteiger partial charge in [-0.15, -0.1) is 0 Å². The van der Waals surface area contributed by atoms with Crippen molar-refractivity contribution in [3.8, 4) is 17.2 Å². The van der Waals surface area contributed by atoms with Crippen LogP contribution < -0.4 is 14.8 Å². The number of nitrogens with zero attached hydrogens (tertiary/aromatic N) is 1. The molecule has 1 atom stereocenters. The van der Waals surface area contributed by atoms with E-state index < -0.39 is 18.5 Å². The summed E-state index contributed by atoms with van der Waals surface area (Å²) < 4.78 is 31.0. The Morgan fingerprint density at radius 3 is 2.56 bits per heavy atom. The molecular weight excluding hydrogens is 415 g/mol. The molecule has 7 nitrogen and oxygen atoms in total. The maximum absolute atomic E-state index is 13.2. The lowest BCUT2D eigenvalue weighted by Crippen LogP contribution is -2.31. The Morgan fingerprint density at radius 2 is 1.81 bits per heavy atom. The van der Waals surface area contributed by atoms with Gasteiger partial charge in [0.05, 0.1) is 11.6 Å². The van der Waals surface area contributed by atoms with E-state index in [0.717, 1.165) is 16.9 Å². The number of benzene rings is 2. The molecular formula is C24H23FN2O5. The Balaban J connectivity index is 1.38. The first-order chi connectivity index (χ1) is 15.3. The standard InChI is InChI=1S/C24H23FN2O5/c1-14-10-20(16(3)27(14)19-7-5-18(25)6-8-19)24(29)30-12-23(28)26-15(2)17-4-9-21-22(11-17)32-13-31-21/h4-11,15H,12-13H2,1-3H3,(H,26,28). The smallest absolute Gasteiger partial charge is 0.340 e. The predicted octanol–water partition coefficient (Wildman–Crippen LogP) is 4.00. The highest BCUT2D eigenvalue weighted by Gasteiger charge is 2.20. The third kappa shape index (κ3) is 4.30. The lowest BCUT2D eigenvalue weighted by Gasteiger charge is -2.15. The van der Waals surface area contributed by atoms with Crippen molar-refractivity contribution in [3.05, 3.63) is 76.9 Å². The van der Waals surface area contributed by atoms with Crippen LogP contribution in [0.1, 0.15) is 40.3 Å². The molecule has 1 N–H and O–H groups in total. The molecule has 8 heteroatoms. The number of rotatable bonds is 6. The van der Waals surface area contributed by atoms with Crippen molar-refractivity contribution in [2.24, 2.45) is 0 Å². The Hall–Kier alpha value is -3.81. The van der Waals surface area contributed by atoms with Crippen molar-refractivity contribution in [2.75, 3.05) is 13.4 Å². The Bertz CT molecular complexity index is 1170. The minimum absolute atomic E-state index is 0.178. The van der Waals surface area contributed by atoms with E-state index in [9.17, 15) is 14.0 Å². The fourth-order valence-electron chi connectivity index (χ4n) is 3.71. The molecule has 4 rings (SSSR count). The van der Waals surface area contributed by atoms with Gasteiger partial charge in [0.2, 0.25) is 6.79 Å². The second kappa shape index (κ2) is 8.74. The van der Waals surface area contributed by atoms with E-state index in [1.54, 1.807) is 31.2 Å². The fraction of sp³-hybridized carbons (Fsp3) is 0.250. The number of aromatic nitrogens is 1. The highest BCUT2D eigenvalue weighted by molar-refractivity contribution is 5.93. The largest absolute Gasteiger partial charge is 0.454 e. The second-order valence-electron chi connectivity index (χ2n) is 7.57. The van der Waals surface area contributed by atoms with E-state index in [4.69, 9.17) is 14.2 Å². The van der Waals surface area contributed by atoms with Crippen LogP contribution in [0.2, 0.25) is 0 Å². The molecule has 32 heavy (non-hydrogen) atoms. The van der Waals surface area contributed by atoms with Gasteiger partial charge in [0.15, 0.2) is 18.1 Å². The quantitative estimate of drug-likeness (QED) is 0.589. The number of carbonyl (C=O) groups is 2. The van der Waals surface area contributed by atoms with E-state index in [2.05, 4.69) is 5.32 Å². The van der Waals surface area contributed by atoms with Crippen molar-refractivity contribution in [2.45, 2.75) is 26.8 Å². The molecule has 0 radical (unpaired) electrons. The van der Waals surface area contributed by atoms with E-state index in [-0.39, 0.29) is 18.7 Å². The van der Waals surface area contributed by atoms with E-state index in [1.165, 1.54) is 12.1 Å². The van der Waals surface area contributed by atoms with Crippen molar-refractivity contribution in [1.29, 1.82) is 0 Å². The zero-order valence-corrected chi connectivity index (χ0v) is 18.0. The van der Waals surface area contributed by atoms with Gasteiger partial charge >= 0.3 is 5.97 Å². The predicted molar refractivity (Wildman–Crippen MR) is 115 cm³/mol. The van der Waals surface area contributed by atoms with Gasteiger partial charge in [-0.25, -0.2) is 9.18 Å². The highest BCUT2D eigenvalue weighted by Crippen LogP contribution is 2.34. The van der Waals surface area contributed by atoms with Crippen LogP contribution in [-0.4, -0.2) is 29.8 Å². The summed E-state index contributed by atoms with van der Waals surface area (Å²) in [6, 6.07) is 12.8. The summed E-state index contributed by atoms with van der Waals surface area (Å²) in [6.45, 7) is 5.21. The van der Waals surface area contributed by atoms with Crippen LogP contribution in [0.3, 0.4) is 0 Å². The van der Waals surface area contributed by atoms with Crippen molar-refractivity contribution < 1.29 is 28.2 Å². The maximum Gasteiger partial charge on any atom is 0.340 e. The minimum Gasteiger partial charge on any atom is -0.454 e. The topological polar surface area (TPSA) is 78.8 Å². The first kappa shape index (κ1) is 21.4. The summed E-state index contributed by atoms with van der Waals surface area (Å²) in [5.41, 5.74) is 3.37. The molecule has 1 unspecified atom stereocenters. The first-order valence-corrected chi connectivity index (χ1v) is 10.1. The minimum atomic E-state index is -0.600. The number of ether oxygens (including phenoxy) is 3. The summed E-state index contributed by atoms with van der Waals surface area (Å²) in [4.78, 5) is 24.9. The molecule has 1 aliphatic rings. The molecule has 0 fully saturated rings. The Kier molecular flexibility index (Phi) is 5.85. The lowest BCUT2D eigenvalue weighted by atomic mass is 10.1. The number of hydrogen-bond acceptors (Lipinski definition) is 5. The summed E-state index contributed by atoms with van der Waals surface area (Å²) in [5.74, 6) is -0.0592. The van der Waals surface area contributed by atoms with Gasteiger partial charge in [-0.2, -0.15) is 0 Å². The van der Waals surface area contributed by atoms with Gasteiger partial charge in [0, 0.05) is 17.1 Å². The van der Waals surface area contributed by atoms with Crippen LogP contribution in [0.4, 0.5) is 4.39 Å². The van der Waals surface area contributed by atoms with Gasteiger partial charge in [-0.05, 0) is 68.8 Å². The average molecular weight is 438 g/mol. The molecule has 1 amide bonds. The van der Waals surface area contributed by atoms with Crippen LogP contribution in [0, 0.1) is 19.7 Å². The summed E-state index contributed by atoms with van der Waals surface area (Å²) in [6.07, 6.45) is 0. The lowest BCUT2D eigenvalue weighted by molar-refractivity contribution is -0.124. The molecule has 0 saturated heterocycles. The van der Waals surface area contributed by atoms with E-state index in [1.807, 2.05) is 30.5 Å². The number of hydrogen-bond donors (Lipinski definition) is 1. The third-order valence-electron chi connectivity index (χ3n) is 5.34. The van der Waals surface area contributed by atoms with Crippen LogP contribution in [0.25, 0.3) is 5.69 Å². The number of nitrogens with one attached hydrogen (secondary N) is 1. The zero-order chi connectivity index (χ0) is 22.8. The molecule has 0 aliphatic carbocycles. The SMILES string of the molecule is Cc1cc(C(=O)OCC(=O)NC(C)c2ccc3c(c2)OCO3)c(C)n1-c1ccc(F)cc1. The van der Waals surface area contributed by atoms with E-state index >= 15 is 0 Å². The molecule has 2 aromatic carbocycles. The number of esters is 1. The monoisotopic (exact) mass is 438 g/mol. The highest BCUT2D eigenvalue weighted by atomic mass is 19.1. The summed E-state index contributed by atoms with van der Waals surface area (Å²) in [7, 11) is 0. The molecule has 0 saturated carbocycles. The van der Waals surface area contributed by atoms with Gasteiger partial charge in [-0.1, -0.05) is 6.07 Å². The van der Waals surface area contributed by atoms with Gasteiger partial charge < -0.3 is 24.1 Å². The van der Waals surface area contributed by atoms with E-state index in [0.29, 0.717) is 22.8 Å². The third-order valence-corrected chi connectivity index (χ3v) is 5.34. The fourth-order valence-corrected chi connectivity index (χ4v) is 3.71. The molecule has 1 aliphatic heterocycles. The van der Waals surface area contributed by atoms with Crippen LogP contribution in [-0.2, 0) is 9.53 Å². The van der Waals surface area contributed by atoms with Crippen molar-refractivity contribution in [3.63, 3.8) is 0 Å². The van der Waals surface area contributed by atoms with Crippen LogP contribution >= 0.6 is 0 Å². The number of carbonyl (C=O) groups excluding carboxylic acids is 2. The Morgan fingerprint density at radius 1 is 1.09 bits per heavy atom. The van der Waals surface area contributed by atoms with Crippen molar-refractivity contribution in [1.82, 2.24) is 9.88 Å². The molecule has 1 aromatic heterocycles. The normalized spacial score (nSPS) is 13.0. The first-order valence-electron chi connectivity index (χ1n) is 10.1. The van der Waals surface area contributed by atoms with Gasteiger partial charge in [0.1, 0.15) is 5.82 Å². The van der Waals surface area contributed by atoms with Crippen LogP contribution in [0.5, 0.6) is 11.5 Å². The maximum atomic E-state index is 13.2. The molecule has 0 spiro atoms. The second-order valence-corrected chi connectivity index (χ2v) is 7.57. The van der Waals surface area contributed by atoms with Crippen LogP contribution in [0.15, 0.2) is 48.5 Å². The molecule has 0 bridgehead atoms.